The second-order valence-corrected chi connectivity index (χ2v) is 9.53. The number of hydrogen-bond acceptors (Lipinski definition) is 7. The van der Waals surface area contributed by atoms with Crippen molar-refractivity contribution in [1.82, 2.24) is 9.88 Å². The molecule has 2 bridgehead atoms. The third-order valence-corrected chi connectivity index (χ3v) is 7.42. The predicted molar refractivity (Wildman–Crippen MR) is 122 cm³/mol. The molecule has 8 nitrogen and oxygen atoms in total. The van der Waals surface area contributed by atoms with Crippen molar-refractivity contribution in [3.8, 4) is 5.75 Å². The van der Waals surface area contributed by atoms with Gasteiger partial charge in [0.1, 0.15) is 28.8 Å². The molecule has 5 atom stereocenters. The summed E-state index contributed by atoms with van der Waals surface area (Å²) in [6.45, 7) is 6.07. The molecule has 0 saturated carbocycles. The SMILES string of the molecule is C=C[C@@H]1CN2CCC1C[C@@H]2C(O)c1ccnc2ccc(OC)cc12.O=S(=O)(O)OI. The maximum absolute atomic E-state index is 11.2. The Labute approximate surface area is 190 Å². The van der Waals surface area contributed by atoms with E-state index in [9.17, 15) is 13.5 Å². The van der Waals surface area contributed by atoms with Gasteiger partial charge in [-0.2, -0.15) is 10.9 Å². The second-order valence-electron chi connectivity index (χ2n) is 7.47. The molecule has 0 spiro atoms. The number of halogens is 1. The van der Waals surface area contributed by atoms with Crippen molar-refractivity contribution < 1.29 is 25.3 Å². The van der Waals surface area contributed by atoms with Crippen molar-refractivity contribution in [3.63, 3.8) is 0 Å². The first-order chi connectivity index (χ1) is 14.3. The summed E-state index contributed by atoms with van der Waals surface area (Å²) >= 11 is 1.06. The molecule has 3 saturated heterocycles. The second kappa shape index (κ2) is 9.88. The smallest absolute Gasteiger partial charge is 0.406 e. The number of ether oxygens (including phenoxy) is 1. The van der Waals surface area contributed by atoms with Gasteiger partial charge in [-0.15, -0.1) is 6.58 Å². The number of fused-ring (bicyclic) bond motifs is 4. The Balaban J connectivity index is 0.000000377. The van der Waals surface area contributed by atoms with Crippen LogP contribution in [-0.4, -0.2) is 54.2 Å². The zero-order valence-electron chi connectivity index (χ0n) is 16.5. The highest BCUT2D eigenvalue weighted by Crippen LogP contribution is 2.42. The zero-order chi connectivity index (χ0) is 21.9. The average molecular weight is 548 g/mol. The van der Waals surface area contributed by atoms with E-state index < -0.39 is 16.5 Å². The lowest BCUT2D eigenvalue weighted by Gasteiger charge is -2.50. The number of aliphatic hydroxyl groups is 1. The molecule has 10 heteroatoms. The Kier molecular flexibility index (Phi) is 7.69. The van der Waals surface area contributed by atoms with Gasteiger partial charge in [-0.05, 0) is 61.1 Å². The van der Waals surface area contributed by atoms with E-state index in [4.69, 9.17) is 9.29 Å². The van der Waals surface area contributed by atoms with Gasteiger partial charge in [-0.25, -0.2) is 0 Å². The van der Waals surface area contributed by atoms with Crippen LogP contribution in [0.3, 0.4) is 0 Å². The van der Waals surface area contributed by atoms with Gasteiger partial charge in [0.2, 0.25) is 0 Å². The predicted octanol–water partition coefficient (Wildman–Crippen LogP) is 3.33. The largest absolute Gasteiger partial charge is 0.497 e. The zero-order valence-corrected chi connectivity index (χ0v) is 19.5. The van der Waals surface area contributed by atoms with Gasteiger partial charge >= 0.3 is 10.4 Å². The van der Waals surface area contributed by atoms with Crippen LogP contribution in [0.15, 0.2) is 43.1 Å². The van der Waals surface area contributed by atoms with E-state index in [0.29, 0.717) is 11.8 Å². The molecule has 3 fully saturated rings. The highest BCUT2D eigenvalue weighted by atomic mass is 127. The van der Waals surface area contributed by atoms with Crippen LogP contribution in [0.25, 0.3) is 10.9 Å². The highest BCUT2D eigenvalue weighted by Gasteiger charge is 2.42. The van der Waals surface area contributed by atoms with Crippen LogP contribution < -0.4 is 4.74 Å². The standard InChI is InChI=1S/C20H24N2O2.HIO4S/c1-3-13-12-22-9-7-14(13)10-19(22)20(23)16-6-8-21-18-5-4-15(24-2)11-17(16)18;1-5-6(2,3)4/h3-6,8,11,13-14,19-20,23H,1,7,9-10,12H2,2H3;(H,2,3,4)/t13-,14?,19-,20?;/m1./s1. The molecule has 1 aromatic heterocycles. The molecule has 0 radical (unpaired) electrons. The summed E-state index contributed by atoms with van der Waals surface area (Å²) in [7, 11) is -2.51. The number of pyridine rings is 1. The van der Waals surface area contributed by atoms with Gasteiger partial charge in [-0.1, -0.05) is 6.08 Å². The molecule has 3 aliphatic heterocycles. The van der Waals surface area contributed by atoms with Crippen LogP contribution in [0.4, 0.5) is 0 Å². The molecule has 4 heterocycles. The maximum atomic E-state index is 11.2. The molecular weight excluding hydrogens is 523 g/mol. The number of rotatable bonds is 5. The van der Waals surface area contributed by atoms with Crippen molar-refractivity contribution in [2.45, 2.75) is 25.0 Å². The minimum Gasteiger partial charge on any atom is -0.497 e. The van der Waals surface area contributed by atoms with Crippen LogP contribution in [-0.2, 0) is 12.9 Å². The van der Waals surface area contributed by atoms with E-state index >= 15 is 0 Å². The van der Waals surface area contributed by atoms with Crippen LogP contribution in [0.1, 0.15) is 24.5 Å². The van der Waals surface area contributed by atoms with Crippen molar-refractivity contribution in [1.29, 1.82) is 0 Å². The number of benzene rings is 1. The van der Waals surface area contributed by atoms with Gasteiger partial charge in [-0.3, -0.25) is 14.4 Å². The summed E-state index contributed by atoms with van der Waals surface area (Å²) in [5, 5.41) is 12.1. The lowest BCUT2D eigenvalue weighted by molar-refractivity contribution is -0.0444. The fourth-order valence-corrected chi connectivity index (χ4v) is 4.44. The van der Waals surface area contributed by atoms with Crippen molar-refractivity contribution in [2.75, 3.05) is 20.2 Å². The van der Waals surface area contributed by atoms with E-state index in [1.165, 1.54) is 6.42 Å². The molecule has 3 unspecified atom stereocenters. The molecule has 1 aromatic carbocycles. The van der Waals surface area contributed by atoms with E-state index in [0.717, 1.165) is 64.7 Å². The molecule has 0 amide bonds. The highest BCUT2D eigenvalue weighted by molar-refractivity contribution is 14.1. The van der Waals surface area contributed by atoms with E-state index in [-0.39, 0.29) is 6.04 Å². The van der Waals surface area contributed by atoms with Crippen molar-refractivity contribution in [2.24, 2.45) is 11.8 Å². The quantitative estimate of drug-likeness (QED) is 0.333. The first kappa shape index (κ1) is 23.4. The van der Waals surface area contributed by atoms with Gasteiger partial charge in [0.25, 0.3) is 0 Å². The summed E-state index contributed by atoms with van der Waals surface area (Å²) in [5.74, 6) is 2.01. The van der Waals surface area contributed by atoms with E-state index in [1.54, 1.807) is 13.3 Å². The minimum atomic E-state index is -4.18. The van der Waals surface area contributed by atoms with Crippen molar-refractivity contribution >= 4 is 44.3 Å². The van der Waals surface area contributed by atoms with Gasteiger partial charge in [0, 0.05) is 24.2 Å². The number of methoxy groups -OCH3 is 1. The van der Waals surface area contributed by atoms with Crippen molar-refractivity contribution in [3.05, 3.63) is 48.7 Å². The third kappa shape index (κ3) is 5.29. The molecule has 0 aliphatic carbocycles. The van der Waals surface area contributed by atoms with Crippen LogP contribution in [0, 0.1) is 11.8 Å². The fraction of sp³-hybridized carbons (Fsp3) is 0.450. The number of piperidine rings is 3. The Morgan fingerprint density at radius 2 is 2.13 bits per heavy atom. The van der Waals surface area contributed by atoms with Crippen LogP contribution in [0.2, 0.25) is 0 Å². The van der Waals surface area contributed by atoms with Gasteiger partial charge < -0.3 is 9.84 Å². The van der Waals surface area contributed by atoms with Crippen LogP contribution >= 0.6 is 23.0 Å². The van der Waals surface area contributed by atoms with E-state index in [2.05, 4.69) is 25.1 Å². The van der Waals surface area contributed by atoms with Gasteiger partial charge in [0.05, 0.1) is 18.7 Å². The maximum Gasteiger partial charge on any atom is 0.406 e. The normalized spacial score (nSPS) is 26.5. The number of nitrogens with zero attached hydrogens (tertiary/aromatic N) is 2. The van der Waals surface area contributed by atoms with E-state index in [1.807, 2.05) is 24.3 Å². The lowest BCUT2D eigenvalue weighted by atomic mass is 9.73. The molecule has 164 valence electrons. The lowest BCUT2D eigenvalue weighted by Crippen LogP contribution is -2.54. The number of hydrogen-bond donors (Lipinski definition) is 2. The summed E-state index contributed by atoms with van der Waals surface area (Å²) in [5.41, 5.74) is 1.85. The first-order valence-electron chi connectivity index (χ1n) is 9.52. The molecule has 2 aromatic rings. The number of aliphatic hydroxyl groups excluding tert-OH is 1. The Bertz CT molecular complexity index is 1000. The topological polar surface area (TPSA) is 109 Å². The Morgan fingerprint density at radius 3 is 2.70 bits per heavy atom. The fourth-order valence-electron chi connectivity index (χ4n) is 4.44. The Morgan fingerprint density at radius 1 is 1.40 bits per heavy atom. The monoisotopic (exact) mass is 548 g/mol. The average Bonchev–Trinajstić information content (AvgIpc) is 2.77. The Hall–Kier alpha value is -1.31. The molecular formula is C20H25IN2O6S. The summed E-state index contributed by atoms with van der Waals surface area (Å²) in [6.07, 6.45) is 5.62. The van der Waals surface area contributed by atoms with Crippen LogP contribution in [0.5, 0.6) is 5.75 Å². The summed E-state index contributed by atoms with van der Waals surface area (Å²) in [6, 6.07) is 7.96. The molecule has 2 N–H and O–H groups in total. The minimum absolute atomic E-state index is 0.178. The molecule has 30 heavy (non-hydrogen) atoms. The van der Waals surface area contributed by atoms with Gasteiger partial charge in [0.15, 0.2) is 0 Å². The summed E-state index contributed by atoms with van der Waals surface area (Å²) < 4.78 is 35.0. The number of aromatic nitrogens is 1. The summed E-state index contributed by atoms with van der Waals surface area (Å²) in [4.78, 5) is 6.86. The third-order valence-electron chi connectivity index (χ3n) is 5.90. The molecule has 5 rings (SSSR count). The first-order valence-corrected chi connectivity index (χ1v) is 11.8. The molecule has 3 aliphatic rings.